The molecule has 0 radical (unpaired) electrons. The van der Waals surface area contributed by atoms with Gasteiger partial charge in [0.1, 0.15) is 0 Å². The third-order valence-electron chi connectivity index (χ3n) is 2.92. The first-order valence-corrected chi connectivity index (χ1v) is 6.40. The molecule has 0 unspecified atom stereocenters. The minimum Gasteiger partial charge on any atom is -0.239 e. The molecule has 0 amide bonds. The number of H-pyrrole nitrogens is 1. The van der Waals surface area contributed by atoms with Gasteiger partial charge in [-0.05, 0) is 33.2 Å². The van der Waals surface area contributed by atoms with Gasteiger partial charge in [-0.25, -0.2) is 5.10 Å². The number of hydrogen-bond donors (Lipinski definition) is 1. The molecule has 1 heterocycles. The van der Waals surface area contributed by atoms with Gasteiger partial charge in [0.2, 0.25) is 0 Å². The molecular weight excluding hydrogens is 260 g/mol. The van der Waals surface area contributed by atoms with Crippen LogP contribution in [0.2, 0.25) is 0 Å². The molecule has 1 aromatic heterocycles. The van der Waals surface area contributed by atoms with Gasteiger partial charge < -0.3 is 0 Å². The number of aromatic amines is 1. The number of benzene rings is 2. The van der Waals surface area contributed by atoms with E-state index in [1.807, 2.05) is 36.4 Å². The van der Waals surface area contributed by atoms with Crippen molar-refractivity contribution in [2.75, 3.05) is 0 Å². The molecule has 0 aliphatic heterocycles. The maximum Gasteiger partial charge on any atom is 0.180 e. The molecule has 0 saturated heterocycles. The Morgan fingerprint density at radius 3 is 2.53 bits per heavy atom. The first-order chi connectivity index (χ1) is 9.38. The zero-order valence-corrected chi connectivity index (χ0v) is 10.8. The van der Waals surface area contributed by atoms with Crippen LogP contribution < -0.4 is 0 Å². The summed E-state index contributed by atoms with van der Waals surface area (Å²) in [4.78, 5) is 0. The summed E-state index contributed by atoms with van der Waals surface area (Å²) in [5.41, 5.74) is 4.19. The van der Waals surface area contributed by atoms with Crippen LogP contribution >= 0.6 is 11.6 Å². The lowest BCUT2D eigenvalue weighted by Gasteiger charge is -2.08. The maximum absolute atomic E-state index is 5.90. The van der Waals surface area contributed by atoms with Crippen molar-refractivity contribution in [3.05, 3.63) is 54.1 Å². The van der Waals surface area contributed by atoms with Gasteiger partial charge in [0.15, 0.2) is 5.82 Å². The minimum atomic E-state index is 0.462. The van der Waals surface area contributed by atoms with E-state index in [9.17, 15) is 0 Å². The molecule has 0 bridgehead atoms. The first-order valence-electron chi connectivity index (χ1n) is 5.87. The molecule has 0 aliphatic carbocycles. The van der Waals surface area contributed by atoms with Gasteiger partial charge in [-0.3, -0.25) is 0 Å². The maximum atomic E-state index is 5.90. The SMILES string of the molecule is ClCc1ccc(-c2ccccc2)c(-c2nnn[nH]2)c1. The highest BCUT2D eigenvalue weighted by atomic mass is 35.5. The average molecular weight is 271 g/mol. The fourth-order valence-corrected chi connectivity index (χ4v) is 2.18. The Balaban J connectivity index is 2.19. The van der Waals surface area contributed by atoms with E-state index in [2.05, 4.69) is 32.8 Å². The summed E-state index contributed by atoms with van der Waals surface area (Å²) in [5, 5.41) is 14.1. The van der Waals surface area contributed by atoms with Crippen LogP contribution in [0.1, 0.15) is 5.56 Å². The second kappa shape index (κ2) is 5.20. The van der Waals surface area contributed by atoms with Crippen LogP contribution in [0.25, 0.3) is 22.5 Å². The summed E-state index contributed by atoms with van der Waals surface area (Å²) in [6, 6.07) is 16.2. The van der Waals surface area contributed by atoms with E-state index in [0.29, 0.717) is 11.7 Å². The predicted molar refractivity (Wildman–Crippen MR) is 74.6 cm³/mol. The van der Waals surface area contributed by atoms with Gasteiger partial charge in [0.05, 0.1) is 0 Å². The largest absolute Gasteiger partial charge is 0.239 e. The van der Waals surface area contributed by atoms with Gasteiger partial charge in [-0.1, -0.05) is 42.5 Å². The molecule has 0 fully saturated rings. The van der Waals surface area contributed by atoms with Crippen LogP contribution in [0.15, 0.2) is 48.5 Å². The molecule has 2 aromatic carbocycles. The molecule has 5 heteroatoms. The summed E-state index contributed by atoms with van der Waals surface area (Å²) in [7, 11) is 0. The van der Waals surface area contributed by atoms with Crippen LogP contribution in [0.3, 0.4) is 0 Å². The quantitative estimate of drug-likeness (QED) is 0.743. The molecule has 0 saturated carbocycles. The number of hydrogen-bond acceptors (Lipinski definition) is 3. The van der Waals surface area contributed by atoms with Crippen molar-refractivity contribution in [2.45, 2.75) is 5.88 Å². The summed E-state index contributed by atoms with van der Waals surface area (Å²) in [6.07, 6.45) is 0. The van der Waals surface area contributed by atoms with E-state index < -0.39 is 0 Å². The Bertz CT molecular complexity index is 665. The number of tetrazole rings is 1. The van der Waals surface area contributed by atoms with Crippen molar-refractivity contribution in [3.8, 4) is 22.5 Å². The van der Waals surface area contributed by atoms with Crippen LogP contribution in [0.5, 0.6) is 0 Å². The van der Waals surface area contributed by atoms with E-state index in [4.69, 9.17) is 11.6 Å². The number of alkyl halides is 1. The first kappa shape index (κ1) is 11.9. The number of nitrogens with zero attached hydrogens (tertiary/aromatic N) is 3. The van der Waals surface area contributed by atoms with Gasteiger partial charge in [0.25, 0.3) is 0 Å². The summed E-state index contributed by atoms with van der Waals surface area (Å²) < 4.78 is 0. The van der Waals surface area contributed by atoms with Crippen molar-refractivity contribution >= 4 is 11.6 Å². The minimum absolute atomic E-state index is 0.462. The molecule has 3 rings (SSSR count). The fraction of sp³-hybridized carbons (Fsp3) is 0.0714. The average Bonchev–Trinajstić information content (AvgIpc) is 3.01. The smallest absolute Gasteiger partial charge is 0.180 e. The van der Waals surface area contributed by atoms with Crippen molar-refractivity contribution < 1.29 is 0 Å². The predicted octanol–water partition coefficient (Wildman–Crippen LogP) is 3.27. The van der Waals surface area contributed by atoms with E-state index in [1.165, 1.54) is 0 Å². The Labute approximate surface area is 115 Å². The van der Waals surface area contributed by atoms with Gasteiger partial charge in [-0.2, -0.15) is 0 Å². The second-order valence-corrected chi connectivity index (χ2v) is 4.40. The molecule has 0 aliphatic rings. The Morgan fingerprint density at radius 2 is 1.84 bits per heavy atom. The number of nitrogens with one attached hydrogen (secondary N) is 1. The highest BCUT2D eigenvalue weighted by Crippen LogP contribution is 2.30. The number of rotatable bonds is 3. The molecule has 1 N–H and O–H groups in total. The summed E-state index contributed by atoms with van der Waals surface area (Å²) >= 11 is 5.90. The van der Waals surface area contributed by atoms with Crippen LogP contribution in [-0.4, -0.2) is 20.6 Å². The lowest BCUT2D eigenvalue weighted by Crippen LogP contribution is -1.90. The Morgan fingerprint density at radius 1 is 1.00 bits per heavy atom. The molecule has 0 spiro atoms. The number of aromatic nitrogens is 4. The molecule has 3 aromatic rings. The lowest BCUT2D eigenvalue weighted by molar-refractivity contribution is 0.881. The molecular formula is C14H11ClN4. The monoisotopic (exact) mass is 270 g/mol. The van der Waals surface area contributed by atoms with E-state index in [-0.39, 0.29) is 0 Å². The Kier molecular flexibility index (Phi) is 3.25. The highest BCUT2D eigenvalue weighted by molar-refractivity contribution is 6.17. The fourth-order valence-electron chi connectivity index (χ4n) is 2.01. The van der Waals surface area contributed by atoms with Crippen molar-refractivity contribution in [3.63, 3.8) is 0 Å². The zero-order valence-electron chi connectivity index (χ0n) is 10.0. The Hall–Kier alpha value is -2.20. The van der Waals surface area contributed by atoms with E-state index in [0.717, 1.165) is 22.3 Å². The van der Waals surface area contributed by atoms with Crippen LogP contribution in [0.4, 0.5) is 0 Å². The van der Waals surface area contributed by atoms with E-state index >= 15 is 0 Å². The molecule has 19 heavy (non-hydrogen) atoms. The third-order valence-corrected chi connectivity index (χ3v) is 3.23. The lowest BCUT2D eigenvalue weighted by atomic mass is 9.97. The summed E-state index contributed by atoms with van der Waals surface area (Å²) in [5.74, 6) is 1.11. The van der Waals surface area contributed by atoms with Crippen LogP contribution in [0, 0.1) is 0 Å². The van der Waals surface area contributed by atoms with Gasteiger partial charge in [-0.15, -0.1) is 16.7 Å². The third kappa shape index (κ3) is 2.35. The van der Waals surface area contributed by atoms with Crippen molar-refractivity contribution in [1.29, 1.82) is 0 Å². The van der Waals surface area contributed by atoms with Crippen molar-refractivity contribution in [1.82, 2.24) is 20.6 Å². The van der Waals surface area contributed by atoms with Gasteiger partial charge >= 0.3 is 0 Å². The standard InChI is InChI=1S/C14H11ClN4/c15-9-10-6-7-12(11-4-2-1-3-5-11)13(8-10)14-16-18-19-17-14/h1-8H,9H2,(H,16,17,18,19). The van der Waals surface area contributed by atoms with E-state index in [1.54, 1.807) is 0 Å². The van der Waals surface area contributed by atoms with Crippen LogP contribution in [-0.2, 0) is 5.88 Å². The van der Waals surface area contributed by atoms with Crippen molar-refractivity contribution in [2.24, 2.45) is 0 Å². The van der Waals surface area contributed by atoms with Gasteiger partial charge in [0, 0.05) is 11.4 Å². The molecule has 0 atom stereocenters. The zero-order chi connectivity index (χ0) is 13.1. The molecule has 4 nitrogen and oxygen atoms in total. The second-order valence-electron chi connectivity index (χ2n) is 4.13. The molecule has 94 valence electrons. The number of halogens is 1. The highest BCUT2D eigenvalue weighted by Gasteiger charge is 2.11. The summed E-state index contributed by atoms with van der Waals surface area (Å²) in [6.45, 7) is 0. The topological polar surface area (TPSA) is 54.5 Å². The normalized spacial score (nSPS) is 10.6.